The number of benzene rings is 3. The molecule has 0 bridgehead atoms. The Labute approximate surface area is 469 Å². The molecule has 11 aliphatic rings. The number of aliphatic hydroxyl groups is 1. The Hall–Kier alpha value is -4.10. The Kier molecular flexibility index (Phi) is 13.3. The number of esters is 2. The van der Waals surface area contributed by atoms with E-state index in [4.69, 9.17) is 56.8 Å². The smallest absolute Gasteiger partial charge is 0.339 e. The van der Waals surface area contributed by atoms with Gasteiger partial charge in [-0.2, -0.15) is 0 Å². The number of aliphatic hydroxyl groups excluding tert-OH is 1. The maximum atomic E-state index is 13.8. The van der Waals surface area contributed by atoms with Crippen molar-refractivity contribution in [3.05, 3.63) is 96.1 Å². The fourth-order valence-electron chi connectivity index (χ4n) is 16.5. The molecule has 0 spiro atoms. The highest BCUT2D eigenvalue weighted by Crippen LogP contribution is 2.55. The average Bonchev–Trinajstić information content (AvgIpc) is 3.76. The SMILES string of the molecule is C=C(COC(=O)c1c2ccccc2cc2ccccc12)C[C@@H]1C[C@H](O)[C@]2(C)OC3CC4OC5C[C@]6(C)O[C@]7(C)CCC8OC9C[C@]%10(C)OC%11C(C)=CC(=O)OC%11CC%10OC9C[C@@H](C)C8OC7CC6O[C@@]5(C)C/C=C\C4OC3CC2O1. The van der Waals surface area contributed by atoms with Gasteiger partial charge in [0.15, 0.2) is 0 Å². The molecule has 11 heterocycles. The molecule has 9 fully saturated rings. The molecule has 430 valence electrons. The first-order chi connectivity index (χ1) is 38.2. The fourth-order valence-corrected chi connectivity index (χ4v) is 16.5. The van der Waals surface area contributed by atoms with Gasteiger partial charge in [-0.25, -0.2) is 9.59 Å². The zero-order chi connectivity index (χ0) is 55.3. The third kappa shape index (κ3) is 9.17. The fraction of sp³-hybridized carbons (Fsp3) is 0.662. The van der Waals surface area contributed by atoms with E-state index in [1.807, 2.05) is 62.4 Å². The second-order valence-electron chi connectivity index (χ2n) is 26.9. The molecule has 0 aliphatic carbocycles. The van der Waals surface area contributed by atoms with Crippen molar-refractivity contribution in [3.8, 4) is 0 Å². The standard InChI is InChI=1S/C65H80O15/c1-34(33-69-60(68)57-40-16-11-9-14-37(40)25-38-15-10-12-17-41(38)57)22-39-26-50(66)65(8)54(70-39)28-46-47(77-65)27-45-42(71-46)18-13-20-61(4)55(74-45)32-64(7)53(78-61)30-52-62(5,80-64)21-19-43-58(76-52)35(2)23-44-49(72-43)31-63(6)51(73-44)29-48-59(79-63)36(3)24-56(67)75-48/h9-18,24-25,35,39,42-55,58-59,66H,1,19-23,26-33H2,2-8H3/b18-13-/t35-,39-,42?,43?,44?,45?,46?,47?,48?,49?,50+,51?,52?,53?,54?,55?,58?,59?,61+,62-,63+,64+,65+/m1/s1. The van der Waals surface area contributed by atoms with Gasteiger partial charge in [0.1, 0.15) is 30.5 Å². The number of fused-ring (bicyclic) bond motifs is 12. The van der Waals surface area contributed by atoms with Crippen LogP contribution in [-0.4, -0.2) is 155 Å². The number of hydrogen-bond donors (Lipinski definition) is 1. The molecule has 23 atom stereocenters. The molecule has 11 aliphatic heterocycles. The van der Waals surface area contributed by atoms with E-state index in [9.17, 15) is 14.7 Å². The lowest BCUT2D eigenvalue weighted by Crippen LogP contribution is -2.70. The summed E-state index contributed by atoms with van der Waals surface area (Å²) in [5.74, 6) is -0.562. The first-order valence-electron chi connectivity index (χ1n) is 29.9. The van der Waals surface area contributed by atoms with Crippen molar-refractivity contribution in [2.45, 2.75) is 257 Å². The summed E-state index contributed by atoms with van der Waals surface area (Å²) < 4.78 is 82.6. The Morgan fingerprint density at radius 1 is 0.688 bits per heavy atom. The van der Waals surface area contributed by atoms with Crippen LogP contribution >= 0.6 is 0 Å². The summed E-state index contributed by atoms with van der Waals surface area (Å²) in [6, 6.07) is 17.8. The maximum absolute atomic E-state index is 13.8. The van der Waals surface area contributed by atoms with E-state index in [1.54, 1.807) is 6.08 Å². The van der Waals surface area contributed by atoms with Crippen molar-refractivity contribution in [1.29, 1.82) is 0 Å². The van der Waals surface area contributed by atoms with Crippen molar-refractivity contribution in [2.24, 2.45) is 5.92 Å². The predicted molar refractivity (Wildman–Crippen MR) is 294 cm³/mol. The summed E-state index contributed by atoms with van der Waals surface area (Å²) in [7, 11) is 0. The minimum absolute atomic E-state index is 0.0345. The molecule has 80 heavy (non-hydrogen) atoms. The minimum atomic E-state index is -0.966. The van der Waals surface area contributed by atoms with E-state index in [1.165, 1.54) is 0 Å². The van der Waals surface area contributed by atoms with Crippen molar-refractivity contribution in [3.63, 3.8) is 0 Å². The molecule has 14 rings (SSSR count). The van der Waals surface area contributed by atoms with E-state index in [0.29, 0.717) is 68.9 Å². The van der Waals surface area contributed by atoms with Crippen molar-refractivity contribution >= 4 is 33.5 Å². The van der Waals surface area contributed by atoms with E-state index >= 15 is 0 Å². The first-order valence-corrected chi connectivity index (χ1v) is 29.9. The highest BCUT2D eigenvalue weighted by atomic mass is 16.7. The van der Waals surface area contributed by atoms with Crippen LogP contribution in [0.4, 0.5) is 0 Å². The highest BCUT2D eigenvalue weighted by Gasteiger charge is 2.64. The van der Waals surface area contributed by atoms with E-state index in [-0.39, 0.29) is 110 Å². The zero-order valence-electron chi connectivity index (χ0n) is 47.4. The van der Waals surface area contributed by atoms with Crippen molar-refractivity contribution in [2.75, 3.05) is 6.61 Å². The van der Waals surface area contributed by atoms with Gasteiger partial charge in [0.2, 0.25) is 0 Å². The number of rotatable bonds is 5. The molecule has 0 amide bonds. The molecule has 3 aromatic carbocycles. The molecule has 0 saturated carbocycles. The molecule has 15 heteroatoms. The van der Waals surface area contributed by atoms with Crippen LogP contribution in [0.1, 0.15) is 136 Å². The predicted octanol–water partition coefficient (Wildman–Crippen LogP) is 9.44. The van der Waals surface area contributed by atoms with Crippen LogP contribution in [0.2, 0.25) is 0 Å². The minimum Gasteiger partial charge on any atom is -0.458 e. The monoisotopic (exact) mass is 1100 g/mol. The van der Waals surface area contributed by atoms with Gasteiger partial charge >= 0.3 is 11.9 Å². The van der Waals surface area contributed by atoms with Crippen LogP contribution in [0.5, 0.6) is 0 Å². The van der Waals surface area contributed by atoms with Gasteiger partial charge in [-0.05, 0) is 118 Å². The Bertz CT molecular complexity index is 2960. The Morgan fingerprint density at radius 2 is 1.41 bits per heavy atom. The van der Waals surface area contributed by atoms with Gasteiger partial charge in [-0.15, -0.1) is 0 Å². The second-order valence-corrected chi connectivity index (χ2v) is 26.9. The van der Waals surface area contributed by atoms with Crippen LogP contribution in [-0.2, 0) is 61.6 Å². The van der Waals surface area contributed by atoms with Gasteiger partial charge in [-0.1, -0.05) is 74.2 Å². The largest absolute Gasteiger partial charge is 0.458 e. The van der Waals surface area contributed by atoms with Gasteiger partial charge in [0.05, 0.1) is 113 Å². The Balaban J connectivity index is 0.615. The third-order valence-corrected chi connectivity index (χ3v) is 21.0. The maximum Gasteiger partial charge on any atom is 0.339 e. The summed E-state index contributed by atoms with van der Waals surface area (Å²) >= 11 is 0. The zero-order valence-corrected chi connectivity index (χ0v) is 47.4. The molecule has 9 saturated heterocycles. The molecular formula is C65H80O15. The van der Waals surface area contributed by atoms with Crippen LogP contribution in [0, 0.1) is 5.92 Å². The van der Waals surface area contributed by atoms with Crippen LogP contribution in [0.25, 0.3) is 21.5 Å². The lowest BCUT2D eigenvalue weighted by atomic mass is 9.72. The van der Waals surface area contributed by atoms with Crippen molar-refractivity contribution in [1.82, 2.24) is 0 Å². The normalized spacial score (nSPS) is 48.0. The average molecular weight is 1100 g/mol. The number of ether oxygens (including phenoxy) is 12. The van der Waals surface area contributed by atoms with Gasteiger partial charge in [-0.3, -0.25) is 0 Å². The third-order valence-electron chi connectivity index (χ3n) is 21.0. The van der Waals surface area contributed by atoms with Gasteiger partial charge < -0.3 is 61.9 Å². The topological polar surface area (TPSA) is 165 Å². The molecular weight excluding hydrogens is 1020 g/mol. The van der Waals surface area contributed by atoms with E-state index < -0.39 is 46.2 Å². The molecule has 3 aromatic rings. The summed E-state index contributed by atoms with van der Waals surface area (Å²) in [5, 5.41) is 15.6. The molecule has 0 radical (unpaired) electrons. The van der Waals surface area contributed by atoms with Gasteiger partial charge in [0.25, 0.3) is 0 Å². The van der Waals surface area contributed by atoms with Gasteiger partial charge in [0, 0.05) is 51.0 Å². The summed E-state index contributed by atoms with van der Waals surface area (Å²) in [6.45, 7) is 19.2. The Morgan fingerprint density at radius 3 is 2.20 bits per heavy atom. The lowest BCUT2D eigenvalue weighted by molar-refractivity contribution is -0.356. The van der Waals surface area contributed by atoms with E-state index in [0.717, 1.165) is 46.4 Å². The molecule has 15 unspecified atom stereocenters. The number of carbonyl (C=O) groups is 2. The first kappa shape index (κ1) is 53.9. The highest BCUT2D eigenvalue weighted by molar-refractivity contribution is 6.16. The molecule has 1 N–H and O–H groups in total. The summed E-state index contributed by atoms with van der Waals surface area (Å²) in [5.41, 5.74) is -1.31. The second kappa shape index (κ2) is 19.8. The van der Waals surface area contributed by atoms with Crippen LogP contribution < -0.4 is 0 Å². The van der Waals surface area contributed by atoms with Crippen LogP contribution in [0.15, 0.2) is 90.6 Å². The lowest BCUT2D eigenvalue weighted by Gasteiger charge is -2.60. The summed E-state index contributed by atoms with van der Waals surface area (Å²) in [6.07, 6.45) is 8.31. The number of carbonyl (C=O) groups excluding carboxylic acids is 2. The summed E-state index contributed by atoms with van der Waals surface area (Å²) in [4.78, 5) is 26.1. The number of hydrogen-bond acceptors (Lipinski definition) is 15. The molecule has 15 nitrogen and oxygen atoms in total. The quantitative estimate of drug-likeness (QED) is 0.146. The molecule has 0 aromatic heterocycles. The van der Waals surface area contributed by atoms with E-state index in [2.05, 4.69) is 59.4 Å². The van der Waals surface area contributed by atoms with Crippen LogP contribution in [0.3, 0.4) is 0 Å². The van der Waals surface area contributed by atoms with Crippen molar-refractivity contribution < 1.29 is 71.5 Å².